The lowest BCUT2D eigenvalue weighted by atomic mass is 10.2. The third-order valence-electron chi connectivity index (χ3n) is 12.7. The van der Waals surface area contributed by atoms with Crippen molar-refractivity contribution in [2.45, 2.75) is 117 Å². The maximum absolute atomic E-state index is 10.1. The smallest absolute Gasteiger partial charge is 0.451 e. The molecule has 350 valence electrons. The van der Waals surface area contributed by atoms with E-state index in [1.807, 2.05) is 36.4 Å². The molecule has 6 aliphatic heterocycles. The van der Waals surface area contributed by atoms with Crippen molar-refractivity contribution < 1.29 is 27.8 Å². The first-order valence-corrected chi connectivity index (χ1v) is 28.3. The van der Waals surface area contributed by atoms with Crippen molar-refractivity contribution in [3.8, 4) is 0 Å². The van der Waals surface area contributed by atoms with Gasteiger partial charge in [0.05, 0.1) is 0 Å². The quantitative estimate of drug-likeness (QED) is 0.0993. The lowest BCUT2D eigenvalue weighted by molar-refractivity contribution is -0.328. The Balaban J connectivity index is 0.000000153. The second-order valence-corrected chi connectivity index (χ2v) is 23.8. The van der Waals surface area contributed by atoms with Crippen LogP contribution in [0.4, 0.5) is 4.20 Å². The minimum atomic E-state index is -5.64. The van der Waals surface area contributed by atoms with Crippen molar-refractivity contribution in [2.24, 2.45) is 0 Å². The van der Waals surface area contributed by atoms with Gasteiger partial charge in [0, 0.05) is 78.5 Å². The third kappa shape index (κ3) is 11.9. The second kappa shape index (κ2) is 23.3. The summed E-state index contributed by atoms with van der Waals surface area (Å²) in [7, 11) is -9.78. The van der Waals surface area contributed by atoms with Crippen LogP contribution in [0.1, 0.15) is 117 Å². The average molecular weight is 935 g/mol. The van der Waals surface area contributed by atoms with Gasteiger partial charge in [0.1, 0.15) is 30.0 Å². The third-order valence-corrected chi connectivity index (χ3v) is 20.2. The number of benzene rings is 2. The molecule has 6 fully saturated rings. The molecule has 6 saturated heterocycles. The first-order chi connectivity index (χ1) is 30.7. The van der Waals surface area contributed by atoms with E-state index < -0.39 is 23.8 Å². The fourth-order valence-corrected chi connectivity index (χ4v) is 17.9. The zero-order valence-electron chi connectivity index (χ0n) is 37.5. The fraction of sp³-hybridized carbons (Fsp3) is 0.714. The van der Waals surface area contributed by atoms with Gasteiger partial charge in [-0.05, 0) is 121 Å². The van der Waals surface area contributed by atoms with Crippen LogP contribution >= 0.6 is 23.8 Å². The van der Waals surface area contributed by atoms with Crippen LogP contribution in [0.2, 0.25) is 0 Å². The maximum atomic E-state index is 10.1. The highest BCUT2D eigenvalue weighted by molar-refractivity contribution is 7.64. The molecule has 10 rings (SSSR count). The standard InChI is InChI=1S/2C18H28N6OP.C6H14.FH2O3P/c2*1-2-10-18-17(9-1)19-20-24(18)25-26(21-11-3-4-12-21,22-13-5-6-14-22)23-15-7-8-16-23;1-3-5-6-4-2;1-5(2,3)4/h2*1-2,9-10H,3-8,11-16H2;3-6H2,1-2H3;(H2,2,3,4)/q2*+1;;/p-2. The number of nitrogens with zero attached hydrogens (tertiary/aromatic N) is 12. The molecule has 0 atom stereocenters. The van der Waals surface area contributed by atoms with E-state index >= 15 is 0 Å². The number of rotatable bonds is 13. The Morgan fingerprint density at radius 1 is 0.508 bits per heavy atom. The van der Waals surface area contributed by atoms with Gasteiger partial charge in [0.25, 0.3) is 0 Å². The van der Waals surface area contributed by atoms with E-state index in [0.717, 1.165) is 101 Å². The Morgan fingerprint density at radius 3 is 0.984 bits per heavy atom. The predicted molar refractivity (Wildman–Crippen MR) is 245 cm³/mol. The average Bonchev–Trinajstić information content (AvgIpc) is 4.15. The largest absolute Gasteiger partial charge is 0.786 e. The Labute approximate surface area is 374 Å². The number of fused-ring (bicyclic) bond motifs is 2. The van der Waals surface area contributed by atoms with Crippen molar-refractivity contribution in [3.63, 3.8) is 0 Å². The number of hydrogen-bond acceptors (Lipinski definition) is 15. The highest BCUT2D eigenvalue weighted by atomic mass is 31.2. The SMILES string of the molecule is CCCCCC.O=P([O-])([O-])F.c1ccc2c(c1)nnn2O[P+](N1CCCC1)(N1CCCC1)N1CCCC1.c1ccc2c(c1)nnn2O[P+](N1CCCC1)(N1CCCC1)N1CCCC1. The van der Waals surface area contributed by atoms with Crippen LogP contribution in [0, 0.1) is 0 Å². The molecular weight excluding hydrogens is 864 g/mol. The molecular formula is C42H70FN12O5P3. The zero-order valence-corrected chi connectivity index (χ0v) is 40.2. The maximum Gasteiger partial charge on any atom is 0.451 e. The first-order valence-electron chi connectivity index (χ1n) is 23.7. The van der Waals surface area contributed by atoms with Crippen molar-refractivity contribution in [1.29, 1.82) is 0 Å². The molecule has 0 amide bonds. The summed E-state index contributed by atoms with van der Waals surface area (Å²) >= 11 is 0. The van der Waals surface area contributed by atoms with Gasteiger partial charge < -0.3 is 14.4 Å². The van der Waals surface area contributed by atoms with Gasteiger partial charge in [-0.25, -0.2) is 4.20 Å². The molecule has 2 aromatic carbocycles. The summed E-state index contributed by atoms with van der Waals surface area (Å²) in [5, 5.41) is 17.4. The lowest BCUT2D eigenvalue weighted by Crippen LogP contribution is -2.47. The van der Waals surface area contributed by atoms with Crippen LogP contribution in [-0.4, -0.2) is 137 Å². The molecule has 0 radical (unpaired) electrons. The van der Waals surface area contributed by atoms with Crippen LogP contribution in [0.15, 0.2) is 48.5 Å². The predicted octanol–water partition coefficient (Wildman–Crippen LogP) is 7.02. The minimum Gasteiger partial charge on any atom is -0.786 e. The highest BCUT2D eigenvalue weighted by Gasteiger charge is 2.65. The Hall–Kier alpha value is -2.46. The number of halogens is 1. The van der Waals surface area contributed by atoms with Crippen molar-refractivity contribution in [1.82, 2.24) is 58.3 Å². The molecule has 8 heterocycles. The van der Waals surface area contributed by atoms with Crippen molar-refractivity contribution >= 4 is 45.9 Å². The molecule has 0 saturated carbocycles. The van der Waals surface area contributed by atoms with Gasteiger partial charge in [-0.3, -0.25) is 0 Å². The summed E-state index contributed by atoms with van der Waals surface area (Å²) in [6.45, 7) is 18.1. The zero-order chi connectivity index (χ0) is 44.1. The molecule has 0 N–H and O–H groups in total. The molecule has 0 bridgehead atoms. The second-order valence-electron chi connectivity index (χ2n) is 17.2. The van der Waals surface area contributed by atoms with Crippen LogP contribution in [0.5, 0.6) is 0 Å². The molecule has 17 nitrogen and oxygen atoms in total. The lowest BCUT2D eigenvalue weighted by Gasteiger charge is -2.39. The minimum absolute atomic E-state index is 0.898. The van der Waals surface area contributed by atoms with Gasteiger partial charge in [-0.2, -0.15) is 9.25 Å². The van der Waals surface area contributed by atoms with Crippen molar-refractivity contribution in [3.05, 3.63) is 48.5 Å². The number of aromatic nitrogens is 6. The number of unbranched alkanes of at least 4 members (excludes halogenated alkanes) is 3. The Bertz CT molecular complexity index is 1790. The van der Waals surface area contributed by atoms with Gasteiger partial charge in [-0.15, -0.1) is 38.2 Å². The molecule has 21 heteroatoms. The van der Waals surface area contributed by atoms with Gasteiger partial charge in [0.15, 0.2) is 0 Å². The van der Waals surface area contributed by atoms with Crippen LogP contribution in [0.25, 0.3) is 22.1 Å². The van der Waals surface area contributed by atoms with Gasteiger partial charge in [0.2, 0.25) is 0 Å². The molecule has 4 aromatic rings. The molecule has 2 aromatic heterocycles. The molecule has 0 unspecified atom stereocenters. The van der Waals surface area contributed by atoms with E-state index in [0.29, 0.717) is 0 Å². The van der Waals surface area contributed by atoms with Crippen LogP contribution < -0.4 is 19.0 Å². The molecule has 6 aliphatic rings. The van der Waals surface area contributed by atoms with E-state index in [-0.39, 0.29) is 0 Å². The van der Waals surface area contributed by atoms with Crippen LogP contribution in [0.3, 0.4) is 0 Å². The van der Waals surface area contributed by atoms with Gasteiger partial charge >= 0.3 is 15.9 Å². The van der Waals surface area contributed by atoms with E-state index in [9.17, 15) is 4.20 Å². The van der Waals surface area contributed by atoms with Gasteiger partial charge in [-0.1, -0.05) is 63.8 Å². The summed E-state index contributed by atoms with van der Waals surface area (Å²) in [6.07, 6.45) is 20.8. The number of hydrogen-bond donors (Lipinski definition) is 0. The molecule has 0 aliphatic carbocycles. The summed E-state index contributed by atoms with van der Waals surface area (Å²) in [4.78, 5) is 20.3. The summed E-state index contributed by atoms with van der Waals surface area (Å²) in [5.41, 5.74) is 3.73. The van der Waals surface area contributed by atoms with Crippen molar-refractivity contribution in [2.75, 3.05) is 78.5 Å². The van der Waals surface area contributed by atoms with E-state index in [1.54, 1.807) is 9.69 Å². The topological polar surface area (TPSA) is 163 Å². The fourth-order valence-electron chi connectivity index (χ4n) is 9.67. The van der Waals surface area contributed by atoms with E-state index in [2.05, 4.69) is 74.6 Å². The number of para-hydroxylation sites is 2. The summed E-state index contributed by atoms with van der Waals surface area (Å²) in [6, 6.07) is 16.2. The first kappa shape index (κ1) is 48.5. The van der Waals surface area contributed by atoms with E-state index in [4.69, 9.17) is 23.6 Å². The summed E-state index contributed by atoms with van der Waals surface area (Å²) in [5.74, 6) is 0. The molecule has 0 spiro atoms. The van der Waals surface area contributed by atoms with Crippen LogP contribution in [-0.2, 0) is 4.57 Å². The van der Waals surface area contributed by atoms with E-state index in [1.165, 1.54) is 103 Å². The summed E-state index contributed by atoms with van der Waals surface area (Å²) < 4.78 is 48.4. The highest BCUT2D eigenvalue weighted by Crippen LogP contribution is 2.70. The Kier molecular flexibility index (Phi) is 17.9. The monoisotopic (exact) mass is 934 g/mol. The molecule has 63 heavy (non-hydrogen) atoms. The Morgan fingerprint density at radius 2 is 0.746 bits per heavy atom. The normalized spacial score (nSPS) is 21.1.